The van der Waals surface area contributed by atoms with Crippen molar-refractivity contribution in [2.45, 2.75) is 58.1 Å². The molecule has 0 aliphatic carbocycles. The molecule has 0 aliphatic heterocycles. The van der Waals surface area contributed by atoms with Crippen LogP contribution < -0.4 is 16.7 Å². The third-order valence-electron chi connectivity index (χ3n) is 5.93. The van der Waals surface area contributed by atoms with E-state index in [2.05, 4.69) is 5.43 Å². The fraction of sp³-hybridized carbons (Fsp3) is 0.542. The highest BCUT2D eigenvalue weighted by Crippen LogP contribution is 2.40. The van der Waals surface area contributed by atoms with E-state index in [-0.39, 0.29) is 18.1 Å². The van der Waals surface area contributed by atoms with Crippen LogP contribution in [0.2, 0.25) is 0 Å². The van der Waals surface area contributed by atoms with Gasteiger partial charge in [0.05, 0.1) is 11.2 Å². The summed E-state index contributed by atoms with van der Waals surface area (Å²) < 4.78 is 0. The SMILES string of the molecule is CCCC(CC(C)CC)(C(=O)NN)C(=O)[C@H](SC)[C@@H](C/C=C/c1ccccc1)C(=O)NO. The van der Waals surface area contributed by atoms with Crippen molar-refractivity contribution in [3.05, 3.63) is 42.0 Å². The van der Waals surface area contributed by atoms with Crippen LogP contribution in [-0.2, 0) is 14.4 Å². The molecule has 7 nitrogen and oxygen atoms in total. The number of hydrazine groups is 1. The fourth-order valence-electron chi connectivity index (χ4n) is 4.04. The third kappa shape index (κ3) is 7.18. The van der Waals surface area contributed by atoms with E-state index in [4.69, 9.17) is 5.84 Å². The molecule has 178 valence electrons. The van der Waals surface area contributed by atoms with Crippen molar-refractivity contribution in [1.29, 1.82) is 0 Å². The number of carbonyl (C=O) groups excluding carboxylic acids is 3. The van der Waals surface area contributed by atoms with Gasteiger partial charge in [0.15, 0.2) is 5.78 Å². The van der Waals surface area contributed by atoms with E-state index in [1.807, 2.05) is 63.3 Å². The van der Waals surface area contributed by atoms with Crippen molar-refractivity contribution in [2.24, 2.45) is 23.1 Å². The van der Waals surface area contributed by atoms with Gasteiger partial charge in [-0.05, 0) is 37.0 Å². The number of hydrogen-bond acceptors (Lipinski definition) is 6. The topological polar surface area (TPSA) is 122 Å². The van der Waals surface area contributed by atoms with Crippen molar-refractivity contribution < 1.29 is 19.6 Å². The molecule has 1 aromatic rings. The van der Waals surface area contributed by atoms with Gasteiger partial charge in [-0.3, -0.25) is 25.0 Å². The lowest BCUT2D eigenvalue weighted by molar-refractivity contribution is -0.146. The lowest BCUT2D eigenvalue weighted by Crippen LogP contribution is -2.54. The van der Waals surface area contributed by atoms with Crippen LogP contribution >= 0.6 is 11.8 Å². The molecule has 0 spiro atoms. The van der Waals surface area contributed by atoms with Crippen LogP contribution in [-0.4, -0.2) is 34.3 Å². The number of amides is 2. The van der Waals surface area contributed by atoms with Gasteiger partial charge < -0.3 is 0 Å². The van der Waals surface area contributed by atoms with E-state index in [0.717, 1.165) is 12.0 Å². The van der Waals surface area contributed by atoms with E-state index < -0.39 is 28.4 Å². The second-order valence-corrected chi connectivity index (χ2v) is 9.15. The monoisotopic (exact) mass is 463 g/mol. The lowest BCUT2D eigenvalue weighted by atomic mass is 9.69. The normalized spacial score (nSPS) is 16.1. The van der Waals surface area contributed by atoms with Crippen LogP contribution in [0.15, 0.2) is 36.4 Å². The number of rotatable bonds is 14. The molecule has 0 heterocycles. The summed E-state index contributed by atoms with van der Waals surface area (Å²) in [5.74, 6) is 3.28. The van der Waals surface area contributed by atoms with Gasteiger partial charge >= 0.3 is 0 Å². The predicted octanol–water partition coefficient (Wildman–Crippen LogP) is 3.72. The maximum atomic E-state index is 13.9. The first kappa shape index (κ1) is 27.9. The molecular weight excluding hydrogens is 426 g/mol. The number of nitrogens with one attached hydrogen (secondary N) is 2. The van der Waals surface area contributed by atoms with Crippen LogP contribution in [0, 0.1) is 17.3 Å². The van der Waals surface area contributed by atoms with E-state index in [1.54, 1.807) is 11.7 Å². The molecule has 0 aliphatic rings. The first-order valence-electron chi connectivity index (χ1n) is 11.0. The Morgan fingerprint density at radius 3 is 2.38 bits per heavy atom. The van der Waals surface area contributed by atoms with Crippen LogP contribution in [0.5, 0.6) is 0 Å². The molecule has 5 N–H and O–H groups in total. The van der Waals surface area contributed by atoms with E-state index in [0.29, 0.717) is 19.3 Å². The number of thioether (sulfide) groups is 1. The summed E-state index contributed by atoms with van der Waals surface area (Å²) in [7, 11) is 0. The Morgan fingerprint density at radius 2 is 1.88 bits per heavy atom. The minimum atomic E-state index is -1.33. The molecular formula is C24H37N3O4S. The summed E-state index contributed by atoms with van der Waals surface area (Å²) in [5.41, 5.74) is 3.52. The molecule has 0 aromatic heterocycles. The zero-order valence-electron chi connectivity index (χ0n) is 19.5. The predicted molar refractivity (Wildman–Crippen MR) is 130 cm³/mol. The molecule has 8 heteroatoms. The number of nitrogens with two attached hydrogens (primary N) is 1. The van der Waals surface area contributed by atoms with Crippen LogP contribution in [0.25, 0.3) is 6.08 Å². The molecule has 4 atom stereocenters. The number of ketones is 1. The molecule has 0 saturated carbocycles. The van der Waals surface area contributed by atoms with Crippen LogP contribution in [0.1, 0.15) is 58.4 Å². The molecule has 2 amide bonds. The van der Waals surface area contributed by atoms with Gasteiger partial charge in [0.2, 0.25) is 11.8 Å². The Labute approximate surface area is 195 Å². The van der Waals surface area contributed by atoms with Crippen molar-refractivity contribution in [1.82, 2.24) is 10.9 Å². The van der Waals surface area contributed by atoms with Crippen molar-refractivity contribution >= 4 is 35.4 Å². The first-order valence-corrected chi connectivity index (χ1v) is 12.3. The molecule has 1 rings (SSSR count). The standard InChI is InChI=1S/C24H37N3O4S/c1-5-15-24(23(30)26-25,16-17(3)6-2)21(28)20(32-4)19(22(29)27-31)14-10-13-18-11-8-7-9-12-18/h7-13,17,19-20,31H,5-6,14-16,25H2,1-4H3,(H,26,30)(H,27,29)/b13-10+/t17?,19-,20-,24?/m1/s1. The highest BCUT2D eigenvalue weighted by molar-refractivity contribution is 8.00. The van der Waals surface area contributed by atoms with Crippen molar-refractivity contribution in [2.75, 3.05) is 6.26 Å². The summed E-state index contributed by atoms with van der Waals surface area (Å²) in [6.45, 7) is 5.92. The summed E-state index contributed by atoms with van der Waals surface area (Å²) in [6, 6.07) is 9.59. The quantitative estimate of drug-likeness (QED) is 0.110. The van der Waals surface area contributed by atoms with E-state index in [1.165, 1.54) is 11.8 Å². The Bertz CT molecular complexity index is 772. The first-order chi connectivity index (χ1) is 15.3. The largest absolute Gasteiger partial charge is 0.297 e. The highest BCUT2D eigenvalue weighted by atomic mass is 32.2. The second kappa shape index (κ2) is 14.1. The Kier molecular flexibility index (Phi) is 12.3. The van der Waals surface area contributed by atoms with Crippen molar-refractivity contribution in [3.8, 4) is 0 Å². The van der Waals surface area contributed by atoms with Crippen LogP contribution in [0.3, 0.4) is 0 Å². The molecule has 32 heavy (non-hydrogen) atoms. The molecule has 0 bridgehead atoms. The number of carbonyl (C=O) groups is 3. The van der Waals surface area contributed by atoms with Gasteiger partial charge in [0.1, 0.15) is 5.41 Å². The average molecular weight is 464 g/mol. The van der Waals surface area contributed by atoms with Crippen molar-refractivity contribution in [3.63, 3.8) is 0 Å². The van der Waals surface area contributed by atoms with Gasteiger partial charge in [0.25, 0.3) is 0 Å². The van der Waals surface area contributed by atoms with Gasteiger partial charge in [0, 0.05) is 0 Å². The zero-order valence-corrected chi connectivity index (χ0v) is 20.3. The molecule has 0 fully saturated rings. The Hall–Kier alpha value is -2.16. The molecule has 0 saturated heterocycles. The maximum Gasteiger partial charge on any atom is 0.248 e. The zero-order chi connectivity index (χ0) is 24.1. The minimum absolute atomic E-state index is 0.119. The summed E-state index contributed by atoms with van der Waals surface area (Å²) in [4.78, 5) is 39.5. The van der Waals surface area contributed by atoms with Gasteiger partial charge in [-0.1, -0.05) is 76.1 Å². The van der Waals surface area contributed by atoms with E-state index in [9.17, 15) is 19.6 Å². The maximum absolute atomic E-state index is 13.9. The second-order valence-electron chi connectivity index (χ2n) is 8.17. The summed E-state index contributed by atoms with van der Waals surface area (Å²) >= 11 is 1.22. The minimum Gasteiger partial charge on any atom is -0.297 e. The van der Waals surface area contributed by atoms with E-state index >= 15 is 0 Å². The van der Waals surface area contributed by atoms with Gasteiger partial charge in [-0.25, -0.2) is 11.3 Å². The Morgan fingerprint density at radius 1 is 1.22 bits per heavy atom. The van der Waals surface area contributed by atoms with Crippen LogP contribution in [0.4, 0.5) is 0 Å². The number of hydroxylamine groups is 1. The molecule has 2 unspecified atom stereocenters. The van der Waals surface area contributed by atoms with Gasteiger partial charge in [-0.15, -0.1) is 0 Å². The highest BCUT2D eigenvalue weighted by Gasteiger charge is 2.50. The summed E-state index contributed by atoms with van der Waals surface area (Å²) in [5, 5.41) is 8.53. The fourth-order valence-corrected chi connectivity index (χ4v) is 5.04. The number of Topliss-reactive ketones (excluding diaryl/α,β-unsaturated/α-hetero) is 1. The average Bonchev–Trinajstić information content (AvgIpc) is 2.82. The molecule has 0 radical (unpaired) electrons. The smallest absolute Gasteiger partial charge is 0.248 e. The molecule has 1 aromatic carbocycles. The van der Waals surface area contributed by atoms with Gasteiger partial charge in [-0.2, -0.15) is 11.8 Å². The number of hydrogen-bond donors (Lipinski definition) is 4. The lowest BCUT2D eigenvalue weighted by Gasteiger charge is -2.36. The third-order valence-corrected chi connectivity index (χ3v) is 6.98. The number of allylic oxidation sites excluding steroid dienone is 1. The number of benzene rings is 1. The Balaban J connectivity index is 3.34. The summed E-state index contributed by atoms with van der Waals surface area (Å²) in [6.07, 6.45) is 7.75.